The standard InChI is InChI=1S/C27H27F3N2O2/c1-4-20(5-2)33-24-13-12-19(15-21(24)27(28,29)30)26-32-25(23(6-3)34-26)18-11-10-17-9-7-8-14-31-22(17)16-18/h4-5,10-16,23,25H,1,6-9H2,2-3H3/b20-5+. The molecule has 0 aliphatic carbocycles. The molecule has 0 spiro atoms. The molecule has 0 amide bonds. The first-order chi connectivity index (χ1) is 16.3. The number of allylic oxidation sites excluding steroid dienone is 2. The highest BCUT2D eigenvalue weighted by molar-refractivity contribution is 5.96. The van der Waals surface area contributed by atoms with Gasteiger partial charge >= 0.3 is 6.18 Å². The number of nitrogens with zero attached hydrogens (tertiary/aromatic N) is 2. The number of rotatable bonds is 6. The van der Waals surface area contributed by atoms with Crippen LogP contribution in [0.4, 0.5) is 18.9 Å². The van der Waals surface area contributed by atoms with E-state index in [2.05, 4.69) is 17.6 Å². The van der Waals surface area contributed by atoms with E-state index in [0.717, 1.165) is 36.6 Å². The van der Waals surface area contributed by atoms with Crippen LogP contribution < -0.4 is 4.74 Å². The summed E-state index contributed by atoms with van der Waals surface area (Å²) in [5, 5.41) is 0. The SMILES string of the molecule is C=C/C(=C\C)Oc1ccc(C2=NC(c3ccc4c(c3)N=CCCC4)C(CC)O2)cc1C(F)(F)F. The van der Waals surface area contributed by atoms with Gasteiger partial charge in [-0.25, -0.2) is 4.99 Å². The number of ether oxygens (including phenoxy) is 2. The summed E-state index contributed by atoms with van der Waals surface area (Å²) in [6.45, 7) is 7.21. The molecule has 0 saturated heterocycles. The molecule has 2 aliphatic heterocycles. The van der Waals surface area contributed by atoms with E-state index in [1.165, 1.54) is 23.8 Å². The van der Waals surface area contributed by atoms with E-state index in [-0.39, 0.29) is 35.1 Å². The molecular formula is C27H27F3N2O2. The van der Waals surface area contributed by atoms with Crippen molar-refractivity contribution in [3.8, 4) is 5.75 Å². The molecule has 0 aromatic heterocycles. The molecule has 2 aromatic rings. The molecule has 0 saturated carbocycles. The molecule has 0 fully saturated rings. The number of benzene rings is 2. The van der Waals surface area contributed by atoms with Crippen molar-refractivity contribution in [2.45, 2.75) is 57.9 Å². The minimum absolute atomic E-state index is 0.197. The highest BCUT2D eigenvalue weighted by atomic mass is 19.4. The van der Waals surface area contributed by atoms with Gasteiger partial charge in [0.1, 0.15) is 23.7 Å². The second-order valence-corrected chi connectivity index (χ2v) is 8.24. The molecule has 2 unspecified atom stereocenters. The van der Waals surface area contributed by atoms with E-state index in [1.807, 2.05) is 25.3 Å². The van der Waals surface area contributed by atoms with Crippen LogP contribution in [-0.2, 0) is 17.3 Å². The quantitative estimate of drug-likeness (QED) is 0.325. The van der Waals surface area contributed by atoms with Crippen LogP contribution in [-0.4, -0.2) is 18.2 Å². The number of aryl methyl sites for hydroxylation is 1. The van der Waals surface area contributed by atoms with Crippen LogP contribution in [0, 0.1) is 0 Å². The van der Waals surface area contributed by atoms with Crippen LogP contribution in [0.2, 0.25) is 0 Å². The zero-order chi connectivity index (χ0) is 24.3. The summed E-state index contributed by atoms with van der Waals surface area (Å²) in [6, 6.07) is 9.66. The summed E-state index contributed by atoms with van der Waals surface area (Å²) in [5.74, 6) is 0.141. The number of hydrogen-bond donors (Lipinski definition) is 0. The zero-order valence-corrected chi connectivity index (χ0v) is 19.2. The van der Waals surface area contributed by atoms with Crippen molar-refractivity contribution < 1.29 is 22.6 Å². The molecule has 2 aromatic carbocycles. The summed E-state index contributed by atoms with van der Waals surface area (Å²) in [5.41, 5.74) is 2.43. The van der Waals surface area contributed by atoms with Gasteiger partial charge in [0.2, 0.25) is 5.90 Å². The number of hydrogen-bond acceptors (Lipinski definition) is 4. The molecule has 4 rings (SSSR count). The van der Waals surface area contributed by atoms with Crippen molar-refractivity contribution >= 4 is 17.8 Å². The van der Waals surface area contributed by atoms with E-state index in [0.29, 0.717) is 6.42 Å². The smallest absolute Gasteiger partial charge is 0.420 e. The van der Waals surface area contributed by atoms with Gasteiger partial charge < -0.3 is 9.47 Å². The van der Waals surface area contributed by atoms with Gasteiger partial charge in [0.15, 0.2) is 0 Å². The first-order valence-electron chi connectivity index (χ1n) is 11.4. The summed E-state index contributed by atoms with van der Waals surface area (Å²) in [6.07, 6.45) is 3.59. The Hall–Kier alpha value is -3.35. The second-order valence-electron chi connectivity index (χ2n) is 8.24. The van der Waals surface area contributed by atoms with Gasteiger partial charge in [0.25, 0.3) is 0 Å². The van der Waals surface area contributed by atoms with Crippen molar-refractivity contribution in [3.05, 3.63) is 83.1 Å². The number of halogens is 3. The lowest BCUT2D eigenvalue weighted by Crippen LogP contribution is -2.16. The summed E-state index contributed by atoms with van der Waals surface area (Å²) < 4.78 is 52.9. The van der Waals surface area contributed by atoms with E-state index in [4.69, 9.17) is 14.5 Å². The van der Waals surface area contributed by atoms with Crippen molar-refractivity contribution in [1.29, 1.82) is 0 Å². The monoisotopic (exact) mass is 468 g/mol. The third kappa shape index (κ3) is 4.93. The lowest BCUT2D eigenvalue weighted by atomic mass is 9.97. The number of fused-ring (bicyclic) bond motifs is 1. The van der Waals surface area contributed by atoms with Crippen molar-refractivity contribution in [2.24, 2.45) is 9.98 Å². The average Bonchev–Trinajstić information content (AvgIpc) is 3.13. The number of alkyl halides is 3. The Morgan fingerprint density at radius 2 is 2.06 bits per heavy atom. The first-order valence-corrected chi connectivity index (χ1v) is 11.4. The third-order valence-electron chi connectivity index (χ3n) is 5.98. The molecule has 0 radical (unpaired) electrons. The fourth-order valence-electron chi connectivity index (χ4n) is 4.15. The first kappa shape index (κ1) is 23.8. The molecular weight excluding hydrogens is 441 g/mol. The molecule has 4 nitrogen and oxygen atoms in total. The predicted octanol–water partition coefficient (Wildman–Crippen LogP) is 7.51. The molecule has 0 bridgehead atoms. The van der Waals surface area contributed by atoms with Gasteiger partial charge in [0.05, 0.1) is 11.3 Å². The van der Waals surface area contributed by atoms with Gasteiger partial charge in [-0.05, 0) is 80.2 Å². The van der Waals surface area contributed by atoms with E-state index >= 15 is 0 Å². The highest BCUT2D eigenvalue weighted by Crippen LogP contribution is 2.40. The fraction of sp³-hybridized carbons (Fsp3) is 0.333. The number of aliphatic imine (C=N–C) groups is 2. The average molecular weight is 469 g/mol. The molecule has 7 heteroatoms. The maximum atomic E-state index is 13.8. The van der Waals surface area contributed by atoms with Crippen LogP contribution >= 0.6 is 0 Å². The fourth-order valence-corrected chi connectivity index (χ4v) is 4.15. The van der Waals surface area contributed by atoms with Gasteiger partial charge in [-0.3, -0.25) is 4.99 Å². The van der Waals surface area contributed by atoms with E-state index in [9.17, 15) is 13.2 Å². The third-order valence-corrected chi connectivity index (χ3v) is 5.98. The lowest BCUT2D eigenvalue weighted by molar-refractivity contribution is -0.138. The van der Waals surface area contributed by atoms with Crippen molar-refractivity contribution in [1.82, 2.24) is 0 Å². The van der Waals surface area contributed by atoms with Crippen molar-refractivity contribution in [2.75, 3.05) is 0 Å². The Bertz CT molecular complexity index is 1160. The summed E-state index contributed by atoms with van der Waals surface area (Å²) >= 11 is 0. The largest absolute Gasteiger partial charge is 0.472 e. The van der Waals surface area contributed by atoms with Crippen LogP contribution in [0.3, 0.4) is 0 Å². The van der Waals surface area contributed by atoms with Gasteiger partial charge in [-0.15, -0.1) is 0 Å². The highest BCUT2D eigenvalue weighted by Gasteiger charge is 2.37. The van der Waals surface area contributed by atoms with E-state index in [1.54, 1.807) is 13.0 Å². The molecule has 2 heterocycles. The minimum Gasteiger partial charge on any atom is -0.472 e. The van der Waals surface area contributed by atoms with Crippen LogP contribution in [0.1, 0.15) is 61.4 Å². The lowest BCUT2D eigenvalue weighted by Gasteiger charge is -2.18. The van der Waals surface area contributed by atoms with E-state index < -0.39 is 11.7 Å². The molecule has 0 N–H and O–H groups in total. The maximum Gasteiger partial charge on any atom is 0.420 e. The van der Waals surface area contributed by atoms with Gasteiger partial charge in [0, 0.05) is 11.8 Å². The van der Waals surface area contributed by atoms with Crippen LogP contribution in [0.5, 0.6) is 5.75 Å². The van der Waals surface area contributed by atoms with Crippen molar-refractivity contribution in [3.63, 3.8) is 0 Å². The van der Waals surface area contributed by atoms with Gasteiger partial charge in [-0.1, -0.05) is 25.6 Å². The molecule has 2 atom stereocenters. The predicted molar refractivity (Wildman–Crippen MR) is 128 cm³/mol. The Morgan fingerprint density at radius 1 is 1.24 bits per heavy atom. The van der Waals surface area contributed by atoms with Crippen LogP contribution in [0.25, 0.3) is 0 Å². The summed E-state index contributed by atoms with van der Waals surface area (Å²) in [4.78, 5) is 9.27. The molecule has 2 aliphatic rings. The minimum atomic E-state index is -4.61. The van der Waals surface area contributed by atoms with Crippen LogP contribution in [0.15, 0.2) is 70.9 Å². The second kappa shape index (κ2) is 9.87. The molecule has 178 valence electrons. The zero-order valence-electron chi connectivity index (χ0n) is 19.2. The molecule has 34 heavy (non-hydrogen) atoms. The normalized spacial score (nSPS) is 20.3. The summed E-state index contributed by atoms with van der Waals surface area (Å²) in [7, 11) is 0. The van der Waals surface area contributed by atoms with Gasteiger partial charge in [-0.2, -0.15) is 13.2 Å². The Labute approximate surface area is 197 Å². The Balaban J connectivity index is 1.70. The topological polar surface area (TPSA) is 43.2 Å². The Morgan fingerprint density at radius 3 is 2.76 bits per heavy atom. The Kier molecular flexibility index (Phi) is 6.91. The maximum absolute atomic E-state index is 13.8.